The first-order valence-electron chi connectivity index (χ1n) is 30.7. The highest BCUT2D eigenvalue weighted by atomic mass is 19.4. The summed E-state index contributed by atoms with van der Waals surface area (Å²) in [5.41, 5.74) is 18.0. The molecule has 0 aliphatic heterocycles. The lowest BCUT2D eigenvalue weighted by Gasteiger charge is -2.09. The molecule has 0 saturated carbocycles. The molecule has 0 bridgehead atoms. The molecule has 0 aliphatic carbocycles. The van der Waals surface area contributed by atoms with Crippen molar-refractivity contribution in [2.75, 3.05) is 14.2 Å². The summed E-state index contributed by atoms with van der Waals surface area (Å²) in [4.78, 5) is 3.51. The summed E-state index contributed by atoms with van der Waals surface area (Å²) in [5.74, 6) is 1.17. The van der Waals surface area contributed by atoms with Gasteiger partial charge in [0.15, 0.2) is 35.8 Å². The summed E-state index contributed by atoms with van der Waals surface area (Å²) in [5, 5.41) is 5.11. The minimum atomic E-state index is -4.37. The van der Waals surface area contributed by atoms with E-state index in [0.29, 0.717) is 39.4 Å². The average Bonchev–Trinajstić information content (AvgIpc) is 1.31. The SMILES string of the molecule is COc1cc[n+](C)c(-c2c(C)cc(F)cc2F)c1.COc1ccc(C)c(-c2c3ccccc3cc[n+]2C)c1.Cc1cc(F)ccc1-c1ccc(C(F)(F)F)c[n+]1C.Cc1ccc(C)c(-c2[nH]c3ccccc3[n+]2C)c1.Cc1ccc(C)c(-c2c3ccccc3cc[n+]2C)c1. The van der Waals surface area contributed by atoms with Crippen LogP contribution in [0.5, 0.6) is 11.5 Å². The first-order chi connectivity index (χ1) is 44.8. The van der Waals surface area contributed by atoms with E-state index >= 15 is 0 Å². The second-order valence-electron chi connectivity index (χ2n) is 23.6. The van der Waals surface area contributed by atoms with Crippen LogP contribution in [0.4, 0.5) is 26.3 Å². The monoisotopic (exact) mass is 1270 g/mol. The molecule has 5 heterocycles. The molecule has 94 heavy (non-hydrogen) atoms. The highest BCUT2D eigenvalue weighted by Gasteiger charge is 2.34. The van der Waals surface area contributed by atoms with Gasteiger partial charge in [0.2, 0.25) is 22.8 Å². The zero-order valence-electron chi connectivity index (χ0n) is 55.6. The zero-order valence-corrected chi connectivity index (χ0v) is 55.6. The number of pyridine rings is 4. The van der Waals surface area contributed by atoms with Crippen LogP contribution in [0.2, 0.25) is 0 Å². The maximum Gasteiger partial charge on any atom is 0.422 e. The Hall–Kier alpha value is -10.5. The van der Waals surface area contributed by atoms with E-state index in [1.165, 1.54) is 124 Å². The number of para-hydroxylation sites is 2. The van der Waals surface area contributed by atoms with Gasteiger partial charge in [0.05, 0.1) is 54.8 Å². The van der Waals surface area contributed by atoms with E-state index in [0.717, 1.165) is 29.9 Å². The number of rotatable bonds is 7. The standard InChI is InChI=1S/C18H18NO.C18H18N.C16H16N2.C14H12F4N.C14H14F2NO/c1-13-8-9-15(20-3)12-17(13)18-16-7-5-4-6-14(16)10-11-19(18)2;1-13-8-9-14(2)17(12-13)18-16-7-5-4-6-15(16)10-11-19(18)3;1-11-8-9-12(2)13(10-11)16-17-14-6-4-5-7-15(14)18(16)3;1-9-7-11(15)4-5-12(9)13-6-3-10(8-19(13)2)14(16,17)18;1-9-6-10(15)7-12(16)14(9)13-8-11(18-3)4-5-17(13)2/h4-12H,1-3H3;4-12H,1-3H3;4-10H,1-3H3;3-8H,1-2H3;4-8H,1-3H3/q2*+1;;2*+1/p+1. The summed E-state index contributed by atoms with van der Waals surface area (Å²) in [6.07, 6.45) is 2.68. The maximum absolute atomic E-state index is 13.9. The van der Waals surface area contributed by atoms with Gasteiger partial charge in [-0.2, -0.15) is 13.2 Å². The van der Waals surface area contributed by atoms with E-state index in [1.54, 1.807) is 64.1 Å². The zero-order chi connectivity index (χ0) is 67.7. The van der Waals surface area contributed by atoms with Crippen molar-refractivity contribution in [3.8, 4) is 67.9 Å². The molecule has 14 heteroatoms. The van der Waals surface area contributed by atoms with Gasteiger partial charge in [-0.25, -0.2) is 41.0 Å². The van der Waals surface area contributed by atoms with Gasteiger partial charge in [0, 0.05) is 41.5 Å². The number of ether oxygens (including phenoxy) is 2. The van der Waals surface area contributed by atoms with Crippen molar-refractivity contribution in [2.24, 2.45) is 35.2 Å². The summed E-state index contributed by atoms with van der Waals surface area (Å²) in [6.45, 7) is 14.1. The number of aromatic nitrogens is 6. The minimum Gasteiger partial charge on any atom is -0.497 e. The Bertz CT molecular complexity index is 4880. The third-order valence-electron chi connectivity index (χ3n) is 16.7. The molecule has 5 aromatic heterocycles. The molecule has 0 fully saturated rings. The van der Waals surface area contributed by atoms with Crippen LogP contribution in [0.3, 0.4) is 0 Å². The Morgan fingerprint density at radius 2 is 0.926 bits per heavy atom. The van der Waals surface area contributed by atoms with E-state index in [1.807, 2.05) is 6.07 Å². The molecule has 13 rings (SSSR count). The van der Waals surface area contributed by atoms with Crippen molar-refractivity contribution in [3.63, 3.8) is 0 Å². The molecule has 0 unspecified atom stereocenters. The fraction of sp³-hybridized carbons (Fsp3) is 0.188. The fourth-order valence-corrected chi connectivity index (χ4v) is 11.6. The maximum atomic E-state index is 13.9. The molecule has 8 nitrogen and oxygen atoms in total. The molecule has 0 atom stereocenters. The van der Waals surface area contributed by atoms with E-state index in [4.69, 9.17) is 9.47 Å². The van der Waals surface area contributed by atoms with Gasteiger partial charge in [-0.15, -0.1) is 0 Å². The number of H-pyrrole nitrogens is 1. The number of hydrogen-bond acceptors (Lipinski definition) is 2. The summed E-state index contributed by atoms with van der Waals surface area (Å²) in [6, 6.07) is 61.5. The molecule has 13 aromatic rings. The number of nitrogens with one attached hydrogen (secondary N) is 1. The number of imidazole rings is 1. The molecule has 0 radical (unpaired) electrons. The van der Waals surface area contributed by atoms with Gasteiger partial charge in [0.1, 0.15) is 62.7 Å². The number of aromatic amines is 1. The summed E-state index contributed by atoms with van der Waals surface area (Å²) in [7, 11) is 12.9. The van der Waals surface area contributed by atoms with Gasteiger partial charge < -0.3 is 9.47 Å². The summed E-state index contributed by atoms with van der Waals surface area (Å²) < 4.78 is 98.0. The lowest BCUT2D eigenvalue weighted by atomic mass is 9.98. The number of alkyl halides is 3. The largest absolute Gasteiger partial charge is 0.497 e. The van der Waals surface area contributed by atoms with Crippen molar-refractivity contribution in [2.45, 2.75) is 54.6 Å². The Morgan fingerprint density at radius 1 is 0.404 bits per heavy atom. The van der Waals surface area contributed by atoms with Crippen molar-refractivity contribution >= 4 is 32.6 Å². The molecule has 0 amide bonds. The van der Waals surface area contributed by atoms with E-state index < -0.39 is 23.4 Å². The van der Waals surface area contributed by atoms with Crippen molar-refractivity contribution in [1.29, 1.82) is 0 Å². The molecule has 0 saturated heterocycles. The number of hydrogen-bond donors (Lipinski definition) is 1. The third kappa shape index (κ3) is 15.5. The number of nitrogens with zero attached hydrogens (tertiary/aromatic N) is 5. The first-order valence-corrected chi connectivity index (χ1v) is 30.7. The van der Waals surface area contributed by atoms with Crippen LogP contribution in [-0.4, -0.2) is 19.2 Å². The molecule has 8 aromatic carbocycles. The topological polar surface area (TPSA) is 53.7 Å². The van der Waals surface area contributed by atoms with Crippen molar-refractivity contribution in [1.82, 2.24) is 4.98 Å². The first kappa shape index (κ1) is 67.9. The second-order valence-corrected chi connectivity index (χ2v) is 23.6. The lowest BCUT2D eigenvalue weighted by Crippen LogP contribution is -2.32. The van der Waals surface area contributed by atoms with Gasteiger partial charge in [-0.1, -0.05) is 90.0 Å². The summed E-state index contributed by atoms with van der Waals surface area (Å²) >= 11 is 0. The van der Waals surface area contributed by atoms with Crippen LogP contribution in [0, 0.1) is 65.9 Å². The number of halogens is 6. The number of benzene rings is 8. The van der Waals surface area contributed by atoms with Crippen molar-refractivity contribution in [3.05, 3.63) is 281 Å². The van der Waals surface area contributed by atoms with Crippen molar-refractivity contribution < 1.29 is 58.7 Å². The van der Waals surface area contributed by atoms with Gasteiger partial charge >= 0.3 is 6.18 Å². The molecule has 1 N–H and O–H groups in total. The van der Waals surface area contributed by atoms with Crippen LogP contribution in [-0.2, 0) is 41.4 Å². The number of fused-ring (bicyclic) bond motifs is 3. The smallest absolute Gasteiger partial charge is 0.422 e. The molecular formula is C80H79F6N6O2+5. The Labute approximate surface area is 546 Å². The highest BCUT2D eigenvalue weighted by Crippen LogP contribution is 2.34. The van der Waals surface area contributed by atoms with E-state index in [2.05, 4.69) is 220 Å². The predicted molar refractivity (Wildman–Crippen MR) is 363 cm³/mol. The van der Waals surface area contributed by atoms with Crippen LogP contribution >= 0.6 is 0 Å². The molecule has 0 aliphatic rings. The van der Waals surface area contributed by atoms with Crippen LogP contribution < -0.4 is 32.3 Å². The lowest BCUT2D eigenvalue weighted by molar-refractivity contribution is -0.661. The van der Waals surface area contributed by atoms with Gasteiger partial charge in [-0.05, 0) is 166 Å². The normalized spacial score (nSPS) is 11.0. The van der Waals surface area contributed by atoms with Crippen LogP contribution in [0.15, 0.2) is 219 Å². The van der Waals surface area contributed by atoms with Crippen LogP contribution in [0.25, 0.3) is 89.0 Å². The van der Waals surface area contributed by atoms with E-state index in [9.17, 15) is 26.3 Å². The third-order valence-corrected chi connectivity index (χ3v) is 16.7. The Balaban J connectivity index is 0.000000138. The van der Waals surface area contributed by atoms with Crippen LogP contribution in [0.1, 0.15) is 44.5 Å². The van der Waals surface area contributed by atoms with Gasteiger partial charge in [-0.3, -0.25) is 0 Å². The highest BCUT2D eigenvalue weighted by molar-refractivity contribution is 5.94. The average molecular weight is 1270 g/mol. The van der Waals surface area contributed by atoms with E-state index in [-0.39, 0.29) is 5.82 Å². The molecular weight excluding hydrogens is 1190 g/mol. The number of methoxy groups -OCH3 is 2. The Morgan fingerprint density at radius 3 is 1.49 bits per heavy atom. The molecule has 0 spiro atoms. The quantitative estimate of drug-likeness (QED) is 0.128. The van der Waals surface area contributed by atoms with Gasteiger partial charge in [0.25, 0.3) is 5.82 Å². The minimum absolute atomic E-state index is 0.365. The second kappa shape index (κ2) is 29.4. The Kier molecular flexibility index (Phi) is 21.3. The predicted octanol–water partition coefficient (Wildman–Crippen LogP) is 17.3. The molecule has 478 valence electrons. The number of aryl methyl sites for hydroxylation is 12. The fourth-order valence-electron chi connectivity index (χ4n) is 11.6.